The Hall–Kier alpha value is 0.943. The van der Waals surface area contributed by atoms with Gasteiger partial charge in [0.15, 0.2) is 0 Å². The van der Waals surface area contributed by atoms with Crippen LogP contribution in [-0.2, 0) is 21.8 Å². The third-order valence-corrected chi connectivity index (χ3v) is 8.54. The zero-order valence-electron chi connectivity index (χ0n) is 8.32. The fourth-order valence-electron chi connectivity index (χ4n) is 1.37. The first-order valence-electron chi connectivity index (χ1n) is 4.53. The molecule has 75 valence electrons. The van der Waals surface area contributed by atoms with Gasteiger partial charge in [0.25, 0.3) is 0 Å². The topological polar surface area (TPSA) is 0 Å². The Kier molecular flexibility index (Phi) is 12.0. The third kappa shape index (κ3) is 6.10. The van der Waals surface area contributed by atoms with E-state index in [4.69, 9.17) is 0 Å². The summed E-state index contributed by atoms with van der Waals surface area (Å²) in [6.45, 7) is 2.29. The maximum atomic E-state index is 2.54. The van der Waals surface area contributed by atoms with E-state index in [1.807, 2.05) is 3.28 Å². The van der Waals surface area contributed by atoms with Crippen molar-refractivity contribution in [2.24, 2.45) is 0 Å². The van der Waals surface area contributed by atoms with Crippen LogP contribution in [0.4, 0.5) is 0 Å². The van der Waals surface area contributed by atoms with Crippen molar-refractivity contribution in [2.75, 3.05) is 0 Å². The molecule has 0 heterocycles. The molecule has 0 aromatic heterocycles. The summed E-state index contributed by atoms with van der Waals surface area (Å²) >= 11 is -1.01. The number of hydrogen-bond donors (Lipinski definition) is 0. The second-order valence-electron chi connectivity index (χ2n) is 3.21. The fraction of sp³-hybridized carbons (Fsp3) is 0.600. The van der Waals surface area contributed by atoms with Crippen LogP contribution in [0.3, 0.4) is 0 Å². The molecule has 0 saturated heterocycles. The van der Waals surface area contributed by atoms with Gasteiger partial charge in [0.2, 0.25) is 0 Å². The molecule has 0 unspecified atom stereocenters. The van der Waals surface area contributed by atoms with Crippen LogP contribution in [0.15, 0.2) is 21.5 Å². The largest absolute Gasteiger partial charge is 1.00 e. The second-order valence-corrected chi connectivity index (χ2v) is 9.85. The van der Waals surface area contributed by atoms with Crippen LogP contribution >= 0.6 is 0 Å². The predicted octanol–water partition coefficient (Wildman–Crippen LogP) is -2.28. The molecule has 0 aromatic rings. The molecular formula is C10H17Cl2Zr. The van der Waals surface area contributed by atoms with E-state index in [1.54, 1.807) is 4.13 Å². The van der Waals surface area contributed by atoms with E-state index in [0.29, 0.717) is 0 Å². The van der Waals surface area contributed by atoms with E-state index >= 15 is 0 Å². The number of rotatable bonds is 4. The van der Waals surface area contributed by atoms with Gasteiger partial charge in [0, 0.05) is 0 Å². The first-order chi connectivity index (χ1) is 5.34. The van der Waals surface area contributed by atoms with Crippen LogP contribution in [0.1, 0.15) is 26.2 Å². The van der Waals surface area contributed by atoms with E-state index in [-0.39, 0.29) is 24.8 Å². The van der Waals surface area contributed by atoms with Crippen molar-refractivity contribution in [3.05, 3.63) is 21.5 Å². The molecule has 1 rings (SSSR count). The molecule has 0 bridgehead atoms. The van der Waals surface area contributed by atoms with Gasteiger partial charge in [-0.1, -0.05) is 0 Å². The summed E-state index contributed by atoms with van der Waals surface area (Å²) in [5, 5.41) is 0. The van der Waals surface area contributed by atoms with Crippen LogP contribution in [0.5, 0.6) is 0 Å². The second kappa shape index (κ2) is 9.50. The maximum absolute atomic E-state index is 2.54. The van der Waals surface area contributed by atoms with Crippen molar-refractivity contribution in [3.63, 3.8) is 0 Å². The molecule has 0 amide bonds. The summed E-state index contributed by atoms with van der Waals surface area (Å²) in [5.74, 6) is 0. The summed E-state index contributed by atoms with van der Waals surface area (Å²) in [6, 6.07) is 0. The molecule has 0 aromatic carbocycles. The quantitative estimate of drug-likeness (QED) is 0.549. The van der Waals surface area contributed by atoms with Crippen molar-refractivity contribution >= 4 is 0 Å². The molecule has 0 fully saturated rings. The zero-order chi connectivity index (χ0) is 8.10. The van der Waals surface area contributed by atoms with Gasteiger partial charge in [-0.2, -0.15) is 0 Å². The Bertz CT molecular complexity index is 176. The minimum atomic E-state index is -1.01. The Morgan fingerprint density at radius 2 is 2.08 bits per heavy atom. The molecule has 0 atom stereocenters. The molecule has 0 aliphatic heterocycles. The third-order valence-electron chi connectivity index (χ3n) is 2.22. The molecule has 0 saturated carbocycles. The van der Waals surface area contributed by atoms with Gasteiger partial charge in [-0.3, -0.25) is 0 Å². The van der Waals surface area contributed by atoms with Crippen molar-refractivity contribution in [1.29, 1.82) is 0 Å². The normalized spacial score (nSPS) is 12.9. The number of hydrogen-bond acceptors (Lipinski definition) is 0. The first-order valence-corrected chi connectivity index (χ1v) is 9.95. The molecule has 0 nitrogen and oxygen atoms in total. The van der Waals surface area contributed by atoms with Crippen molar-refractivity contribution in [1.82, 2.24) is 0 Å². The monoisotopic (exact) mass is 297 g/mol. The van der Waals surface area contributed by atoms with Crippen molar-refractivity contribution < 1.29 is 46.6 Å². The number of allylic oxidation sites excluding steroid dienone is 4. The van der Waals surface area contributed by atoms with Crippen LogP contribution in [0, 0.1) is 0 Å². The summed E-state index contributed by atoms with van der Waals surface area (Å²) in [7, 11) is 0. The first kappa shape index (κ1) is 16.4. The van der Waals surface area contributed by atoms with Gasteiger partial charge in [-0.05, 0) is 0 Å². The van der Waals surface area contributed by atoms with Gasteiger partial charge in [-0.25, -0.2) is 0 Å². The van der Waals surface area contributed by atoms with Crippen molar-refractivity contribution in [2.45, 2.75) is 34.9 Å². The summed E-state index contributed by atoms with van der Waals surface area (Å²) in [6.07, 6.45) is 11.0. The zero-order valence-corrected chi connectivity index (χ0v) is 12.3. The minimum Gasteiger partial charge on any atom is -1.00 e. The summed E-state index contributed by atoms with van der Waals surface area (Å²) < 4.78 is 5.92. The molecule has 0 radical (unpaired) electrons. The van der Waals surface area contributed by atoms with Gasteiger partial charge >= 0.3 is 78.2 Å². The fourth-order valence-corrected chi connectivity index (χ4v) is 6.41. The molecule has 13 heavy (non-hydrogen) atoms. The average molecular weight is 299 g/mol. The molecule has 0 spiro atoms. The predicted molar refractivity (Wildman–Crippen MR) is 47.4 cm³/mol. The standard InChI is InChI=1S/C5H5.C4H9.CH3.2ClH.Zr/c1-2-4-5-3-1;1-3-4-2;;;;/h1-3H,4H2;1,3-4H2,2H3;1H3;2*1H;/q;;;;;+2/p-2. The maximum Gasteiger partial charge on any atom is -1.00 e. The summed E-state index contributed by atoms with van der Waals surface area (Å²) in [5.41, 5.74) is 0. The van der Waals surface area contributed by atoms with Gasteiger partial charge in [-0.15, -0.1) is 0 Å². The van der Waals surface area contributed by atoms with Crippen LogP contribution in [-0.4, -0.2) is 0 Å². The van der Waals surface area contributed by atoms with E-state index in [9.17, 15) is 0 Å². The Morgan fingerprint density at radius 3 is 2.54 bits per heavy atom. The van der Waals surface area contributed by atoms with Crippen LogP contribution < -0.4 is 24.8 Å². The van der Waals surface area contributed by atoms with E-state index in [2.05, 4.69) is 29.8 Å². The Labute approximate surface area is 102 Å². The molecule has 1 aliphatic rings. The Morgan fingerprint density at radius 1 is 1.38 bits per heavy atom. The van der Waals surface area contributed by atoms with Crippen molar-refractivity contribution in [3.8, 4) is 0 Å². The number of unbranched alkanes of at least 4 members (excludes halogenated alkanes) is 1. The average Bonchev–Trinajstić information content (AvgIpc) is 2.52. The summed E-state index contributed by atoms with van der Waals surface area (Å²) in [4.78, 5) is 0. The van der Waals surface area contributed by atoms with E-state index in [0.717, 1.165) is 0 Å². The Balaban J connectivity index is 0. The van der Waals surface area contributed by atoms with Gasteiger partial charge in [0.05, 0.1) is 0 Å². The van der Waals surface area contributed by atoms with Crippen LogP contribution in [0.2, 0.25) is 8.76 Å². The van der Waals surface area contributed by atoms with E-state index in [1.165, 1.54) is 19.3 Å². The van der Waals surface area contributed by atoms with Gasteiger partial charge < -0.3 is 24.8 Å². The smallest absolute Gasteiger partial charge is 1.00 e. The number of halogens is 2. The SMILES string of the molecule is CCC[CH2][Zr+2]([CH3])[C]1=CC=CC1.[Cl-].[Cl-]. The molecule has 3 heteroatoms. The molecular weight excluding hydrogens is 282 g/mol. The van der Waals surface area contributed by atoms with Crippen LogP contribution in [0.25, 0.3) is 0 Å². The minimum absolute atomic E-state index is 0. The van der Waals surface area contributed by atoms with E-state index < -0.39 is 21.8 Å². The molecule has 0 N–H and O–H groups in total. The van der Waals surface area contributed by atoms with Gasteiger partial charge in [0.1, 0.15) is 0 Å². The molecule has 1 aliphatic carbocycles.